The van der Waals surface area contributed by atoms with Gasteiger partial charge < -0.3 is 15.0 Å². The second kappa shape index (κ2) is 8.47. The summed E-state index contributed by atoms with van der Waals surface area (Å²) in [7, 11) is 1.69. The summed E-state index contributed by atoms with van der Waals surface area (Å²) in [6, 6.07) is 3.10. The minimum absolute atomic E-state index is 0.215. The number of anilines is 1. The summed E-state index contributed by atoms with van der Waals surface area (Å²) < 4.78 is 5.25. The van der Waals surface area contributed by atoms with E-state index in [-0.39, 0.29) is 5.91 Å². The number of nitrogens with one attached hydrogen (secondary N) is 1. The Morgan fingerprint density at radius 1 is 1.37 bits per heavy atom. The molecule has 0 aromatic carbocycles. The first-order valence-electron chi connectivity index (χ1n) is 8.77. The Hall–Kier alpha value is -2.48. The van der Waals surface area contributed by atoms with Gasteiger partial charge in [-0.2, -0.15) is 0 Å². The molecule has 1 N–H and O–H groups in total. The summed E-state index contributed by atoms with van der Waals surface area (Å²) in [5.74, 6) is -0.215. The molecule has 0 radical (unpaired) electrons. The Bertz CT molecular complexity index is 799. The van der Waals surface area contributed by atoms with Crippen LogP contribution in [-0.4, -0.2) is 40.7 Å². The molecular weight excluding hydrogens is 364 g/mol. The lowest BCUT2D eigenvalue weighted by Crippen LogP contribution is -2.48. The number of carbonyl (C=O) groups excluding carboxylic acids is 2. The van der Waals surface area contributed by atoms with Crippen molar-refractivity contribution < 1.29 is 14.3 Å². The maximum Gasteiger partial charge on any atom is 0.408 e. The molecule has 0 bridgehead atoms. The Morgan fingerprint density at radius 2 is 2.07 bits per heavy atom. The zero-order valence-corrected chi connectivity index (χ0v) is 17.4. The van der Waals surface area contributed by atoms with Gasteiger partial charge in [-0.05, 0) is 46.2 Å². The van der Waals surface area contributed by atoms with Gasteiger partial charge >= 0.3 is 6.09 Å². The van der Waals surface area contributed by atoms with Crippen molar-refractivity contribution in [2.45, 2.75) is 52.7 Å². The van der Waals surface area contributed by atoms with E-state index in [1.165, 1.54) is 11.3 Å². The van der Waals surface area contributed by atoms with Crippen molar-refractivity contribution in [1.82, 2.24) is 15.3 Å². The highest BCUT2D eigenvalue weighted by Gasteiger charge is 2.27. The van der Waals surface area contributed by atoms with Crippen LogP contribution in [0.1, 0.15) is 39.8 Å². The van der Waals surface area contributed by atoms with Crippen LogP contribution in [0.25, 0.3) is 10.6 Å². The van der Waals surface area contributed by atoms with Gasteiger partial charge in [0, 0.05) is 25.0 Å². The van der Waals surface area contributed by atoms with Crippen molar-refractivity contribution in [3.63, 3.8) is 0 Å². The lowest BCUT2D eigenvalue weighted by atomic mass is 10.2. The zero-order chi connectivity index (χ0) is 20.2. The smallest absolute Gasteiger partial charge is 0.408 e. The average Bonchev–Trinajstić information content (AvgIpc) is 2.99. The summed E-state index contributed by atoms with van der Waals surface area (Å²) in [6.45, 7) is 9.04. The second-order valence-electron chi connectivity index (χ2n) is 7.16. The fraction of sp³-hybridized carbons (Fsp3) is 0.474. The molecule has 2 aromatic rings. The molecule has 0 aliphatic rings. The average molecular weight is 391 g/mol. The third-order valence-corrected chi connectivity index (χ3v) is 5.00. The third-order valence-electron chi connectivity index (χ3n) is 3.71. The van der Waals surface area contributed by atoms with Gasteiger partial charge in [0.05, 0.1) is 5.69 Å². The molecule has 1 atom stereocenters. The highest BCUT2D eigenvalue weighted by atomic mass is 32.1. The van der Waals surface area contributed by atoms with Gasteiger partial charge in [0.15, 0.2) is 0 Å². The van der Waals surface area contributed by atoms with E-state index in [0.717, 1.165) is 21.3 Å². The number of ether oxygens (including phenoxy) is 1. The number of amides is 2. The van der Waals surface area contributed by atoms with E-state index in [2.05, 4.69) is 15.3 Å². The predicted octanol–water partition coefficient (Wildman–Crippen LogP) is 3.78. The monoisotopic (exact) mass is 390 g/mol. The summed E-state index contributed by atoms with van der Waals surface area (Å²) in [5, 5.41) is 4.19. The van der Waals surface area contributed by atoms with E-state index in [0.29, 0.717) is 6.42 Å². The summed E-state index contributed by atoms with van der Waals surface area (Å²) in [4.78, 5) is 35.1. The molecule has 2 rings (SSSR count). The number of pyridine rings is 1. The molecule has 27 heavy (non-hydrogen) atoms. The first-order valence-corrected chi connectivity index (χ1v) is 9.59. The summed E-state index contributed by atoms with van der Waals surface area (Å²) >= 11 is 1.42. The molecule has 2 amide bonds. The number of alkyl carbamates (subject to hydrolysis) is 1. The number of carbonyl (C=O) groups is 2. The first kappa shape index (κ1) is 20.8. The Balaban J connectivity index is 2.16. The van der Waals surface area contributed by atoms with Crippen molar-refractivity contribution in [2.75, 3.05) is 11.9 Å². The number of aryl methyl sites for hydroxylation is 1. The van der Waals surface area contributed by atoms with Crippen molar-refractivity contribution in [3.05, 3.63) is 30.2 Å². The van der Waals surface area contributed by atoms with E-state index in [1.807, 2.05) is 26.0 Å². The molecule has 7 nitrogen and oxygen atoms in total. The van der Waals surface area contributed by atoms with Crippen molar-refractivity contribution in [2.24, 2.45) is 0 Å². The number of hydrogen-bond donors (Lipinski definition) is 1. The lowest BCUT2D eigenvalue weighted by Gasteiger charge is -2.25. The van der Waals surface area contributed by atoms with Gasteiger partial charge in [-0.25, -0.2) is 9.78 Å². The third kappa shape index (κ3) is 5.50. The van der Waals surface area contributed by atoms with Crippen LogP contribution in [0.3, 0.4) is 0 Å². The van der Waals surface area contributed by atoms with Crippen LogP contribution in [0.15, 0.2) is 24.5 Å². The Morgan fingerprint density at radius 3 is 2.63 bits per heavy atom. The minimum atomic E-state index is -0.673. The van der Waals surface area contributed by atoms with Gasteiger partial charge in [-0.1, -0.05) is 18.3 Å². The van der Waals surface area contributed by atoms with Crippen LogP contribution in [0.4, 0.5) is 9.80 Å². The molecule has 0 fully saturated rings. The van der Waals surface area contributed by atoms with Gasteiger partial charge in [0.25, 0.3) is 0 Å². The second-order valence-corrected chi connectivity index (χ2v) is 8.13. The lowest BCUT2D eigenvalue weighted by molar-refractivity contribution is -0.120. The standard InChI is InChI=1S/C19H26N4O3S/c1-7-14(22-18(25)26-19(3,4)5)16(24)23(6)17-12(2)21-15(27-17)13-9-8-10-20-11-13/h8-11,14H,7H2,1-6H3,(H,22,25). The van der Waals surface area contributed by atoms with Gasteiger partial charge in [-0.3, -0.25) is 9.78 Å². The highest BCUT2D eigenvalue weighted by Crippen LogP contribution is 2.33. The van der Waals surface area contributed by atoms with E-state index < -0.39 is 17.7 Å². The van der Waals surface area contributed by atoms with Crippen LogP contribution in [0, 0.1) is 6.92 Å². The molecule has 1 unspecified atom stereocenters. The van der Waals surface area contributed by atoms with Gasteiger partial charge in [0.1, 0.15) is 21.7 Å². The van der Waals surface area contributed by atoms with Crippen LogP contribution in [0.5, 0.6) is 0 Å². The number of hydrogen-bond acceptors (Lipinski definition) is 6. The van der Waals surface area contributed by atoms with E-state index in [1.54, 1.807) is 45.1 Å². The molecular formula is C19H26N4O3S. The quantitative estimate of drug-likeness (QED) is 0.840. The fourth-order valence-corrected chi connectivity index (χ4v) is 3.46. The van der Waals surface area contributed by atoms with Crippen LogP contribution in [0.2, 0.25) is 0 Å². The molecule has 2 heterocycles. The fourth-order valence-electron chi connectivity index (χ4n) is 2.43. The molecule has 0 aliphatic heterocycles. The maximum atomic E-state index is 12.9. The van der Waals surface area contributed by atoms with Gasteiger partial charge in [0.2, 0.25) is 5.91 Å². The van der Waals surface area contributed by atoms with E-state index in [9.17, 15) is 9.59 Å². The SMILES string of the molecule is CCC(NC(=O)OC(C)(C)C)C(=O)N(C)c1sc(-c2cccnc2)nc1C. The molecule has 0 aliphatic carbocycles. The normalized spacial score (nSPS) is 12.4. The highest BCUT2D eigenvalue weighted by molar-refractivity contribution is 7.19. The number of rotatable bonds is 5. The number of nitrogens with zero attached hydrogens (tertiary/aromatic N) is 3. The van der Waals surface area contributed by atoms with E-state index >= 15 is 0 Å². The molecule has 8 heteroatoms. The zero-order valence-electron chi connectivity index (χ0n) is 16.6. The molecule has 0 saturated carbocycles. The molecule has 146 valence electrons. The van der Waals surface area contributed by atoms with Crippen molar-refractivity contribution in [3.8, 4) is 10.6 Å². The van der Waals surface area contributed by atoms with Crippen LogP contribution >= 0.6 is 11.3 Å². The number of likely N-dealkylation sites (N-methyl/N-ethyl adjacent to an activating group) is 1. The summed E-state index contributed by atoms with van der Waals surface area (Å²) in [5.41, 5.74) is 1.03. The first-order chi connectivity index (χ1) is 12.6. The predicted molar refractivity (Wildman–Crippen MR) is 107 cm³/mol. The largest absolute Gasteiger partial charge is 0.444 e. The number of thiazole rings is 1. The van der Waals surface area contributed by atoms with Crippen molar-refractivity contribution >= 4 is 28.3 Å². The van der Waals surface area contributed by atoms with Crippen molar-refractivity contribution in [1.29, 1.82) is 0 Å². The van der Waals surface area contributed by atoms with Gasteiger partial charge in [-0.15, -0.1) is 0 Å². The molecule has 2 aromatic heterocycles. The Labute approximate surface area is 163 Å². The van der Waals surface area contributed by atoms with Crippen LogP contribution in [-0.2, 0) is 9.53 Å². The minimum Gasteiger partial charge on any atom is -0.444 e. The van der Waals surface area contributed by atoms with Crippen LogP contribution < -0.4 is 10.2 Å². The topological polar surface area (TPSA) is 84.4 Å². The summed E-state index contributed by atoms with van der Waals surface area (Å²) in [6.07, 6.45) is 3.29. The molecule has 0 spiro atoms. The van der Waals surface area contributed by atoms with E-state index in [4.69, 9.17) is 4.74 Å². The Kier molecular flexibility index (Phi) is 6.54. The maximum absolute atomic E-state index is 12.9. The number of aromatic nitrogens is 2. The molecule has 0 saturated heterocycles.